The number of hydrogen-bond donors (Lipinski definition) is 0. The highest BCUT2D eigenvalue weighted by Crippen LogP contribution is 2.44. The fourth-order valence-corrected chi connectivity index (χ4v) is 6.52. The van der Waals surface area contributed by atoms with Crippen LogP contribution >= 0.6 is 0 Å². The Balaban J connectivity index is 1.35. The van der Waals surface area contributed by atoms with Crippen LogP contribution in [0.4, 0.5) is 0 Å². The normalized spacial score (nSPS) is 11.3. The summed E-state index contributed by atoms with van der Waals surface area (Å²) in [5.41, 5.74) is 10.0. The lowest BCUT2D eigenvalue weighted by Gasteiger charge is -2.18. The van der Waals surface area contributed by atoms with Gasteiger partial charge in [-0.3, -0.25) is 0 Å². The van der Waals surface area contributed by atoms with Crippen LogP contribution in [0.15, 0.2) is 170 Å². The van der Waals surface area contributed by atoms with Crippen LogP contribution in [-0.2, 0) is 0 Å². The predicted octanol–water partition coefficient (Wildman–Crippen LogP) is 11.8. The predicted molar refractivity (Wildman–Crippen MR) is 181 cm³/mol. The van der Waals surface area contributed by atoms with E-state index >= 15 is 0 Å². The van der Waals surface area contributed by atoms with E-state index in [1.807, 2.05) is 0 Å². The molecule has 0 unspecified atom stereocenters. The van der Waals surface area contributed by atoms with E-state index in [0.717, 1.165) is 0 Å². The van der Waals surface area contributed by atoms with Gasteiger partial charge in [0, 0.05) is 0 Å². The van der Waals surface area contributed by atoms with Gasteiger partial charge in [0.05, 0.1) is 0 Å². The van der Waals surface area contributed by atoms with Gasteiger partial charge in [0.1, 0.15) is 0 Å². The Labute approximate surface area is 246 Å². The van der Waals surface area contributed by atoms with Crippen LogP contribution in [0.5, 0.6) is 0 Å². The van der Waals surface area contributed by atoms with Crippen LogP contribution in [0.2, 0.25) is 0 Å². The van der Waals surface area contributed by atoms with Gasteiger partial charge in [0.15, 0.2) is 0 Å². The Morgan fingerprint density at radius 3 is 1.29 bits per heavy atom. The number of benzene rings is 8. The summed E-state index contributed by atoms with van der Waals surface area (Å²) in [5.74, 6) is 0. The highest BCUT2D eigenvalue weighted by molar-refractivity contribution is 6.21. The van der Waals surface area contributed by atoms with Gasteiger partial charge < -0.3 is 0 Å². The molecule has 8 aromatic rings. The average molecular weight is 533 g/mol. The van der Waals surface area contributed by atoms with Crippen molar-refractivity contribution in [2.45, 2.75) is 0 Å². The van der Waals surface area contributed by atoms with Crippen molar-refractivity contribution in [3.05, 3.63) is 170 Å². The summed E-state index contributed by atoms with van der Waals surface area (Å²) in [4.78, 5) is 0. The van der Waals surface area contributed by atoms with Crippen molar-refractivity contribution < 1.29 is 0 Å². The first kappa shape index (κ1) is 24.3. The van der Waals surface area contributed by atoms with Crippen molar-refractivity contribution >= 4 is 32.3 Å². The first-order valence-corrected chi connectivity index (χ1v) is 14.5. The number of rotatable bonds is 4. The van der Waals surface area contributed by atoms with Crippen LogP contribution in [0.3, 0.4) is 0 Å². The van der Waals surface area contributed by atoms with E-state index in [1.54, 1.807) is 0 Å². The molecule has 8 aromatic carbocycles. The van der Waals surface area contributed by atoms with E-state index in [0.29, 0.717) is 0 Å². The summed E-state index contributed by atoms with van der Waals surface area (Å²) >= 11 is 0. The van der Waals surface area contributed by atoms with E-state index in [4.69, 9.17) is 0 Å². The lowest BCUT2D eigenvalue weighted by atomic mass is 9.85. The van der Waals surface area contributed by atoms with Crippen molar-refractivity contribution in [3.8, 4) is 44.5 Å². The molecule has 42 heavy (non-hydrogen) atoms. The second-order valence-corrected chi connectivity index (χ2v) is 10.9. The molecule has 0 spiro atoms. The van der Waals surface area contributed by atoms with Gasteiger partial charge >= 0.3 is 0 Å². The van der Waals surface area contributed by atoms with Gasteiger partial charge in [-0.2, -0.15) is 0 Å². The third-order valence-corrected chi connectivity index (χ3v) is 8.47. The van der Waals surface area contributed by atoms with Crippen molar-refractivity contribution in [1.29, 1.82) is 0 Å². The van der Waals surface area contributed by atoms with Gasteiger partial charge in [-0.1, -0.05) is 164 Å². The Bertz CT molecular complexity index is 2150. The van der Waals surface area contributed by atoms with Gasteiger partial charge in [-0.25, -0.2) is 0 Å². The highest BCUT2D eigenvalue weighted by atomic mass is 14.2. The zero-order valence-electron chi connectivity index (χ0n) is 23.2. The maximum atomic E-state index is 2.37. The van der Waals surface area contributed by atoms with E-state index in [9.17, 15) is 0 Å². The van der Waals surface area contributed by atoms with E-state index in [-0.39, 0.29) is 0 Å². The minimum Gasteiger partial charge on any atom is -0.0622 e. The zero-order chi connectivity index (χ0) is 27.9. The summed E-state index contributed by atoms with van der Waals surface area (Å²) in [6.45, 7) is 0. The molecule has 0 aliphatic carbocycles. The minimum absolute atomic E-state index is 1.23. The quantitative estimate of drug-likeness (QED) is 0.198. The molecule has 0 aliphatic rings. The molecule has 0 radical (unpaired) electrons. The molecule has 0 saturated heterocycles. The lowest BCUT2D eigenvalue weighted by Crippen LogP contribution is -1.91. The fraction of sp³-hybridized carbons (Fsp3) is 0. The SMILES string of the molecule is c1ccc(-c2ccc(-c3c4ccccc4c(-c4ccc5c(-c6ccccc6)cccc5c4)c4ccccc34)cc2)cc1. The van der Waals surface area contributed by atoms with Crippen LogP contribution < -0.4 is 0 Å². The lowest BCUT2D eigenvalue weighted by molar-refractivity contribution is 1.61. The van der Waals surface area contributed by atoms with Crippen LogP contribution in [-0.4, -0.2) is 0 Å². The standard InChI is InChI=1S/C42H28/c1-3-12-29(13-4-1)30-22-24-32(25-23-30)41-37-17-7-9-19-39(37)42(40-20-10-8-18-38(40)41)34-26-27-36-33(28-34)16-11-21-35(36)31-14-5-2-6-15-31/h1-28H. The third-order valence-electron chi connectivity index (χ3n) is 8.47. The molecule has 0 atom stereocenters. The summed E-state index contributed by atoms with van der Waals surface area (Å²) in [6, 6.07) is 61.7. The Morgan fingerprint density at radius 1 is 0.238 bits per heavy atom. The molecule has 0 bridgehead atoms. The van der Waals surface area contributed by atoms with Crippen molar-refractivity contribution in [2.75, 3.05) is 0 Å². The van der Waals surface area contributed by atoms with Crippen molar-refractivity contribution in [3.63, 3.8) is 0 Å². The summed E-state index contributed by atoms with van der Waals surface area (Å²) in [7, 11) is 0. The van der Waals surface area contributed by atoms with E-state index in [1.165, 1.54) is 76.8 Å². The first-order chi connectivity index (χ1) is 20.8. The molecule has 196 valence electrons. The molecule has 0 aromatic heterocycles. The van der Waals surface area contributed by atoms with E-state index in [2.05, 4.69) is 170 Å². The maximum Gasteiger partial charge on any atom is -0.00262 e. The Hall–Kier alpha value is -5.46. The molecule has 0 saturated carbocycles. The van der Waals surface area contributed by atoms with E-state index < -0.39 is 0 Å². The third kappa shape index (κ3) is 4.08. The van der Waals surface area contributed by atoms with Crippen molar-refractivity contribution in [1.82, 2.24) is 0 Å². The molecule has 0 heterocycles. The largest absolute Gasteiger partial charge is 0.0622 e. The molecule has 8 rings (SSSR count). The fourth-order valence-electron chi connectivity index (χ4n) is 6.52. The monoisotopic (exact) mass is 532 g/mol. The molecule has 0 heteroatoms. The molecule has 0 aliphatic heterocycles. The van der Waals surface area contributed by atoms with Gasteiger partial charge in [-0.15, -0.1) is 0 Å². The molecule has 0 amide bonds. The van der Waals surface area contributed by atoms with Gasteiger partial charge in [0.25, 0.3) is 0 Å². The number of hydrogen-bond acceptors (Lipinski definition) is 0. The van der Waals surface area contributed by atoms with Gasteiger partial charge in [-0.05, 0) is 82.9 Å². The average Bonchev–Trinajstić information content (AvgIpc) is 3.07. The highest BCUT2D eigenvalue weighted by Gasteiger charge is 2.17. The topological polar surface area (TPSA) is 0 Å². The summed E-state index contributed by atoms with van der Waals surface area (Å²) in [5, 5.41) is 7.63. The molecule has 0 N–H and O–H groups in total. The van der Waals surface area contributed by atoms with Crippen molar-refractivity contribution in [2.24, 2.45) is 0 Å². The van der Waals surface area contributed by atoms with Crippen LogP contribution in [0.1, 0.15) is 0 Å². The molecule has 0 nitrogen and oxygen atoms in total. The number of fused-ring (bicyclic) bond motifs is 3. The van der Waals surface area contributed by atoms with Gasteiger partial charge in [0.2, 0.25) is 0 Å². The first-order valence-electron chi connectivity index (χ1n) is 14.5. The molecule has 0 fully saturated rings. The Kier molecular flexibility index (Phi) is 5.90. The molecular formula is C42H28. The summed E-state index contributed by atoms with van der Waals surface area (Å²) < 4.78 is 0. The van der Waals surface area contributed by atoms with Crippen LogP contribution in [0, 0.1) is 0 Å². The summed E-state index contributed by atoms with van der Waals surface area (Å²) in [6.07, 6.45) is 0. The Morgan fingerprint density at radius 2 is 0.690 bits per heavy atom. The smallest absolute Gasteiger partial charge is 0.00262 e. The minimum atomic E-state index is 1.23. The maximum absolute atomic E-state index is 2.37. The van der Waals surface area contributed by atoms with Crippen LogP contribution in [0.25, 0.3) is 76.8 Å². The molecular weight excluding hydrogens is 504 g/mol. The second-order valence-electron chi connectivity index (χ2n) is 10.9. The zero-order valence-corrected chi connectivity index (χ0v) is 23.2. The second kappa shape index (κ2) is 10.2.